The van der Waals surface area contributed by atoms with Gasteiger partial charge in [-0.15, -0.1) is 0 Å². The summed E-state index contributed by atoms with van der Waals surface area (Å²) in [6.07, 6.45) is 7.99. The molecule has 0 aliphatic heterocycles. The smallest absolute Gasteiger partial charge is 0.261 e. The second-order valence-corrected chi connectivity index (χ2v) is 8.00. The Hall–Kier alpha value is -4.20. The minimum atomic E-state index is -0.263. The summed E-state index contributed by atoms with van der Waals surface area (Å²) in [4.78, 5) is 31.7. The number of nitrogens with one attached hydrogen (secondary N) is 2. The molecule has 8 nitrogen and oxygen atoms in total. The number of carbonyl (C=O) groups excluding carboxylic acids is 1. The van der Waals surface area contributed by atoms with Crippen molar-refractivity contribution in [2.75, 3.05) is 5.32 Å². The van der Waals surface area contributed by atoms with E-state index in [1.165, 1.54) is 23.7 Å². The summed E-state index contributed by atoms with van der Waals surface area (Å²) in [5.74, 6) is -0.164. The Labute approximate surface area is 181 Å². The number of hydrogen-bond donors (Lipinski definition) is 2. The van der Waals surface area contributed by atoms with Crippen LogP contribution in [0.4, 0.5) is 5.69 Å². The normalized spacial score (nSPS) is 13.0. The number of fused-ring (bicyclic) bond motifs is 3. The summed E-state index contributed by atoms with van der Waals surface area (Å²) in [6, 6.07) is 11.6. The van der Waals surface area contributed by atoms with Gasteiger partial charge in [-0.2, -0.15) is 5.10 Å². The number of benzene rings is 2. The maximum absolute atomic E-state index is 12.9. The third-order valence-corrected chi connectivity index (χ3v) is 6.00. The highest BCUT2D eigenvalue weighted by atomic mass is 16.3. The van der Waals surface area contributed by atoms with Gasteiger partial charge < -0.3 is 14.7 Å². The number of hydrogen-bond acceptors (Lipinski definition) is 5. The maximum Gasteiger partial charge on any atom is 0.261 e. The first kappa shape index (κ1) is 18.6. The molecular weight excluding hydrogens is 406 g/mol. The van der Waals surface area contributed by atoms with E-state index in [9.17, 15) is 9.59 Å². The molecule has 1 amide bonds. The Morgan fingerprint density at radius 3 is 2.91 bits per heavy atom. The molecule has 5 aromatic rings. The molecule has 0 bridgehead atoms. The predicted octanol–water partition coefficient (Wildman–Crippen LogP) is 3.52. The molecule has 2 N–H and O–H groups in total. The summed E-state index contributed by atoms with van der Waals surface area (Å²) in [5, 5.41) is 8.67. The lowest BCUT2D eigenvalue weighted by Crippen LogP contribution is -2.16. The van der Waals surface area contributed by atoms with E-state index in [0.29, 0.717) is 22.4 Å². The Balaban J connectivity index is 1.31. The topological polar surface area (TPSA) is 106 Å². The largest absolute Gasteiger partial charge is 0.464 e. The lowest BCUT2D eigenvalue weighted by molar-refractivity contribution is -0.115. The van der Waals surface area contributed by atoms with E-state index in [1.54, 1.807) is 17.0 Å². The van der Waals surface area contributed by atoms with Crippen molar-refractivity contribution in [3.8, 4) is 5.69 Å². The molecule has 6 rings (SSSR count). The van der Waals surface area contributed by atoms with Crippen molar-refractivity contribution in [2.45, 2.75) is 25.7 Å². The highest BCUT2D eigenvalue weighted by Gasteiger charge is 2.18. The Kier molecular flexibility index (Phi) is 4.17. The molecule has 3 aromatic heterocycles. The van der Waals surface area contributed by atoms with Crippen LogP contribution in [0.3, 0.4) is 0 Å². The predicted molar refractivity (Wildman–Crippen MR) is 120 cm³/mol. The number of furan rings is 1. The molecule has 0 fully saturated rings. The van der Waals surface area contributed by atoms with Gasteiger partial charge >= 0.3 is 0 Å². The summed E-state index contributed by atoms with van der Waals surface area (Å²) >= 11 is 0. The number of aromatic nitrogens is 4. The van der Waals surface area contributed by atoms with Crippen LogP contribution in [0.1, 0.15) is 23.1 Å². The highest BCUT2D eigenvalue weighted by molar-refractivity contribution is 5.97. The van der Waals surface area contributed by atoms with Gasteiger partial charge in [0.25, 0.3) is 5.56 Å². The minimum absolute atomic E-state index is 0.164. The summed E-state index contributed by atoms with van der Waals surface area (Å²) in [5.41, 5.74) is 5.75. The lowest BCUT2D eigenvalue weighted by atomic mass is 10.0. The molecule has 32 heavy (non-hydrogen) atoms. The number of rotatable bonds is 4. The van der Waals surface area contributed by atoms with Crippen molar-refractivity contribution < 1.29 is 9.21 Å². The van der Waals surface area contributed by atoms with Crippen molar-refractivity contribution >= 4 is 33.6 Å². The third kappa shape index (κ3) is 2.99. The third-order valence-electron chi connectivity index (χ3n) is 6.00. The van der Waals surface area contributed by atoms with Gasteiger partial charge in [0, 0.05) is 10.9 Å². The SMILES string of the molecule is O=C(Cc1coc2cc3c(cc12)CCC3)Nc1ccccc1-n1ncc2c(=O)[nH]cnc21. The fourth-order valence-electron chi connectivity index (χ4n) is 4.45. The van der Waals surface area contributed by atoms with E-state index in [1.807, 2.05) is 18.2 Å². The molecule has 1 aliphatic rings. The summed E-state index contributed by atoms with van der Waals surface area (Å²) in [6.45, 7) is 0. The van der Waals surface area contributed by atoms with Crippen LogP contribution in [-0.2, 0) is 24.1 Å². The number of aromatic amines is 1. The first-order chi connectivity index (χ1) is 15.7. The molecule has 8 heteroatoms. The van der Waals surface area contributed by atoms with Gasteiger partial charge in [0.15, 0.2) is 5.65 Å². The number of nitrogens with zero attached hydrogens (tertiary/aromatic N) is 3. The number of para-hydroxylation sites is 2. The second kappa shape index (κ2) is 7.19. The van der Waals surface area contributed by atoms with Crippen LogP contribution < -0.4 is 10.9 Å². The first-order valence-electron chi connectivity index (χ1n) is 10.5. The fourth-order valence-corrected chi connectivity index (χ4v) is 4.45. The van der Waals surface area contributed by atoms with Gasteiger partial charge in [0.2, 0.25) is 5.91 Å². The zero-order chi connectivity index (χ0) is 21.7. The fraction of sp³-hybridized carbons (Fsp3) is 0.167. The molecular formula is C24H19N5O3. The summed E-state index contributed by atoms with van der Waals surface area (Å²) < 4.78 is 7.28. The number of aryl methyl sites for hydroxylation is 2. The molecule has 0 radical (unpaired) electrons. The monoisotopic (exact) mass is 425 g/mol. The van der Waals surface area contributed by atoms with Crippen molar-refractivity contribution in [1.82, 2.24) is 19.7 Å². The van der Waals surface area contributed by atoms with E-state index >= 15 is 0 Å². The summed E-state index contributed by atoms with van der Waals surface area (Å²) in [7, 11) is 0. The standard InChI is InChI=1S/C24H19N5O3/c30-22(10-16-12-32-21-9-15-5-3-4-14(15)8-17(16)21)28-19-6-1-2-7-20(19)29-23-18(11-27-29)24(31)26-13-25-23/h1-2,6-9,11-13H,3-5,10H2,(H,28,30)(H,25,26,31). The number of anilines is 1. The molecule has 0 saturated heterocycles. The number of amides is 1. The molecule has 158 valence electrons. The first-order valence-corrected chi connectivity index (χ1v) is 10.5. The van der Waals surface area contributed by atoms with E-state index in [2.05, 4.69) is 32.5 Å². The van der Waals surface area contributed by atoms with Gasteiger partial charge in [0.1, 0.15) is 11.0 Å². The van der Waals surface area contributed by atoms with Crippen LogP contribution in [0.15, 0.2) is 64.4 Å². The molecule has 0 saturated carbocycles. The van der Waals surface area contributed by atoms with Crippen LogP contribution in [0, 0.1) is 0 Å². The molecule has 2 aromatic carbocycles. The lowest BCUT2D eigenvalue weighted by Gasteiger charge is -2.11. The van der Waals surface area contributed by atoms with E-state index in [0.717, 1.165) is 35.8 Å². The van der Waals surface area contributed by atoms with E-state index < -0.39 is 0 Å². The molecule has 1 aliphatic carbocycles. The van der Waals surface area contributed by atoms with Crippen molar-refractivity contribution in [1.29, 1.82) is 0 Å². The minimum Gasteiger partial charge on any atom is -0.464 e. The van der Waals surface area contributed by atoms with Crippen molar-refractivity contribution in [3.05, 3.63) is 82.2 Å². The van der Waals surface area contributed by atoms with Crippen LogP contribution >= 0.6 is 0 Å². The van der Waals surface area contributed by atoms with Crippen LogP contribution in [0.25, 0.3) is 27.7 Å². The van der Waals surface area contributed by atoms with Gasteiger partial charge in [-0.25, -0.2) is 9.67 Å². The van der Waals surface area contributed by atoms with Crippen molar-refractivity contribution in [3.63, 3.8) is 0 Å². The maximum atomic E-state index is 12.9. The Morgan fingerprint density at radius 2 is 2.00 bits per heavy atom. The van der Waals surface area contributed by atoms with Gasteiger partial charge in [-0.05, 0) is 54.7 Å². The molecule has 0 unspecified atom stereocenters. The van der Waals surface area contributed by atoms with Crippen LogP contribution in [0.5, 0.6) is 0 Å². The van der Waals surface area contributed by atoms with E-state index in [4.69, 9.17) is 4.42 Å². The van der Waals surface area contributed by atoms with Crippen LogP contribution in [0.2, 0.25) is 0 Å². The van der Waals surface area contributed by atoms with Crippen LogP contribution in [-0.4, -0.2) is 25.7 Å². The highest BCUT2D eigenvalue weighted by Crippen LogP contribution is 2.31. The molecule has 3 heterocycles. The van der Waals surface area contributed by atoms with Gasteiger partial charge in [-0.3, -0.25) is 9.59 Å². The Bertz CT molecular complexity index is 1560. The van der Waals surface area contributed by atoms with Crippen molar-refractivity contribution in [2.24, 2.45) is 0 Å². The average molecular weight is 425 g/mol. The van der Waals surface area contributed by atoms with Gasteiger partial charge in [0.05, 0.1) is 36.6 Å². The molecule has 0 spiro atoms. The zero-order valence-corrected chi connectivity index (χ0v) is 17.1. The zero-order valence-electron chi connectivity index (χ0n) is 17.1. The quantitative estimate of drug-likeness (QED) is 0.458. The second-order valence-electron chi connectivity index (χ2n) is 8.00. The number of H-pyrrole nitrogens is 1. The Morgan fingerprint density at radius 1 is 1.16 bits per heavy atom. The van der Waals surface area contributed by atoms with Gasteiger partial charge in [-0.1, -0.05) is 12.1 Å². The average Bonchev–Trinajstić information content (AvgIpc) is 3.52. The molecule has 0 atom stereocenters. The van der Waals surface area contributed by atoms with E-state index in [-0.39, 0.29) is 17.9 Å². The number of carbonyl (C=O) groups is 1.